The van der Waals surface area contributed by atoms with Crippen molar-refractivity contribution in [3.8, 4) is 0 Å². The Kier molecular flexibility index (Phi) is 11.5. The molecule has 0 aromatic heterocycles. The summed E-state index contributed by atoms with van der Waals surface area (Å²) in [6, 6.07) is 0. The molecule has 0 saturated heterocycles. The van der Waals surface area contributed by atoms with Crippen LogP contribution in [0.3, 0.4) is 0 Å². The van der Waals surface area contributed by atoms with Crippen LogP contribution in [0, 0.1) is 0 Å². The van der Waals surface area contributed by atoms with Crippen molar-refractivity contribution in [1.29, 1.82) is 0 Å². The Balaban J connectivity index is 0. The molecule has 7 nitrogen and oxygen atoms in total. The van der Waals surface area contributed by atoms with Gasteiger partial charge in [-0.15, -0.1) is 0 Å². The molecule has 0 aliphatic heterocycles. The molecule has 1 N–H and O–H groups in total. The van der Waals surface area contributed by atoms with Crippen LogP contribution in [0.4, 0.5) is 0 Å². The van der Waals surface area contributed by atoms with Gasteiger partial charge in [0.15, 0.2) is 0 Å². The predicted octanol–water partition coefficient (Wildman–Crippen LogP) is 1.03. The fourth-order valence-corrected chi connectivity index (χ4v) is 1.18. The number of hydrogen-bond donors (Lipinski definition) is 1. The molecule has 120 valence electrons. The quantitative estimate of drug-likeness (QED) is 0.327. The van der Waals surface area contributed by atoms with Gasteiger partial charge < -0.3 is 9.22 Å². The molecule has 8 heteroatoms. The largest absolute Gasteiger partial charge is 0.457 e. The van der Waals surface area contributed by atoms with Crippen molar-refractivity contribution in [2.75, 3.05) is 40.4 Å². The molecular weight excluding hydrogens is 286 g/mol. The van der Waals surface area contributed by atoms with Crippen LogP contribution >= 0.6 is 0 Å². The van der Waals surface area contributed by atoms with Gasteiger partial charge in [0.25, 0.3) is 0 Å². The third-order valence-electron chi connectivity index (χ3n) is 2.37. The molecule has 0 aromatic carbocycles. The maximum absolute atomic E-state index is 10.9. The maximum atomic E-state index is 10.9. The summed E-state index contributed by atoms with van der Waals surface area (Å²) in [5.41, 5.74) is 0. The van der Waals surface area contributed by atoms with Crippen LogP contribution in [-0.4, -0.2) is 63.8 Å². The number of quaternary nitrogens is 1. The molecule has 0 atom stereocenters. The molecule has 0 rings (SSSR count). The first-order valence-corrected chi connectivity index (χ1v) is 7.67. The van der Waals surface area contributed by atoms with Crippen molar-refractivity contribution in [3.05, 3.63) is 12.2 Å². The smallest absolute Gasteiger partial charge is 0.397 e. The third-order valence-corrected chi connectivity index (χ3v) is 2.90. The Morgan fingerprint density at radius 1 is 1.30 bits per heavy atom. The second-order valence-electron chi connectivity index (χ2n) is 4.48. The molecule has 0 fully saturated rings. The van der Waals surface area contributed by atoms with E-state index in [0.29, 0.717) is 6.61 Å². The first kappa shape index (κ1) is 21.3. The average Bonchev–Trinajstić information content (AvgIpc) is 2.28. The van der Waals surface area contributed by atoms with Gasteiger partial charge in [0.1, 0.15) is 13.2 Å². The fourth-order valence-electron chi connectivity index (χ4n) is 0.885. The van der Waals surface area contributed by atoms with E-state index in [1.54, 1.807) is 13.0 Å². The molecule has 0 aliphatic carbocycles. The SMILES string of the molecule is CC=CC(=O)OCC[N+](C)(C)CC.CCOS(=O)(=O)O. The Hall–Kier alpha value is -0.960. The minimum atomic E-state index is -4.17. The van der Waals surface area contributed by atoms with Crippen LogP contribution in [0.5, 0.6) is 0 Å². The molecule has 0 saturated carbocycles. The van der Waals surface area contributed by atoms with E-state index >= 15 is 0 Å². The molecule has 0 unspecified atom stereocenters. The second kappa shape index (κ2) is 10.8. The molecule has 0 amide bonds. The topological polar surface area (TPSA) is 89.9 Å². The van der Waals surface area contributed by atoms with Gasteiger partial charge in [-0.1, -0.05) is 6.08 Å². The minimum Gasteiger partial charge on any atom is -0.457 e. The van der Waals surface area contributed by atoms with Gasteiger partial charge in [-0.05, 0) is 20.8 Å². The summed E-state index contributed by atoms with van der Waals surface area (Å²) in [6.07, 6.45) is 3.12. The van der Waals surface area contributed by atoms with Gasteiger partial charge in [-0.3, -0.25) is 4.55 Å². The van der Waals surface area contributed by atoms with Gasteiger partial charge in [0.05, 0.1) is 27.2 Å². The average molecular weight is 312 g/mol. The fraction of sp³-hybridized carbons (Fsp3) is 0.750. The number of carbonyl (C=O) groups is 1. The van der Waals surface area contributed by atoms with Gasteiger partial charge in [0.2, 0.25) is 0 Å². The molecule has 0 heterocycles. The Labute approximate surface area is 121 Å². The number of esters is 1. The summed E-state index contributed by atoms with van der Waals surface area (Å²) in [4.78, 5) is 10.9. The number of likely N-dealkylation sites (N-methyl/N-ethyl adjacent to an activating group) is 1. The van der Waals surface area contributed by atoms with Gasteiger partial charge >= 0.3 is 16.4 Å². The predicted molar refractivity (Wildman–Crippen MR) is 76.5 cm³/mol. The molecule has 0 bridgehead atoms. The summed E-state index contributed by atoms with van der Waals surface area (Å²) < 4.78 is 36.5. The van der Waals surface area contributed by atoms with Crippen LogP contribution < -0.4 is 0 Å². The van der Waals surface area contributed by atoms with Crippen LogP contribution in [0.25, 0.3) is 0 Å². The number of ether oxygens (including phenoxy) is 1. The maximum Gasteiger partial charge on any atom is 0.397 e. The Morgan fingerprint density at radius 2 is 1.85 bits per heavy atom. The summed E-state index contributed by atoms with van der Waals surface area (Å²) in [7, 11) is 0.0550. The summed E-state index contributed by atoms with van der Waals surface area (Å²) in [6.45, 7) is 7.75. The van der Waals surface area contributed by atoms with Crippen molar-refractivity contribution in [3.63, 3.8) is 0 Å². The highest BCUT2D eigenvalue weighted by molar-refractivity contribution is 7.80. The molecule has 0 aromatic rings. The van der Waals surface area contributed by atoms with Crippen molar-refractivity contribution >= 4 is 16.4 Å². The zero-order chi connectivity index (χ0) is 16.2. The van der Waals surface area contributed by atoms with Crippen molar-refractivity contribution in [2.24, 2.45) is 0 Å². The highest BCUT2D eigenvalue weighted by Gasteiger charge is 2.11. The number of carbonyl (C=O) groups excluding carboxylic acids is 1. The number of hydrogen-bond acceptors (Lipinski definition) is 5. The van der Waals surface area contributed by atoms with E-state index in [2.05, 4.69) is 25.2 Å². The summed E-state index contributed by atoms with van der Waals surface area (Å²) in [5, 5.41) is 0. The van der Waals surface area contributed by atoms with Crippen LogP contribution in [0.2, 0.25) is 0 Å². The first-order chi connectivity index (χ1) is 9.08. The van der Waals surface area contributed by atoms with Gasteiger partial charge in [-0.2, -0.15) is 8.42 Å². The van der Waals surface area contributed by atoms with E-state index in [1.807, 2.05) is 0 Å². The van der Waals surface area contributed by atoms with Gasteiger partial charge in [0, 0.05) is 6.08 Å². The zero-order valence-electron chi connectivity index (χ0n) is 12.8. The van der Waals surface area contributed by atoms with E-state index in [9.17, 15) is 13.2 Å². The standard InChI is InChI=1S/C10H20NO2.C2H6O4S/c1-5-7-10(12)13-9-8-11(3,4)6-2;1-2-6-7(3,4)5/h5,7H,6,8-9H2,1-4H3;2H2,1H3,(H,3,4,5)/q+1;. The minimum absolute atomic E-state index is 0.0289. The second-order valence-corrected chi connectivity index (χ2v) is 5.57. The first-order valence-electron chi connectivity index (χ1n) is 6.31. The van der Waals surface area contributed by atoms with Crippen molar-refractivity contribution < 1.29 is 31.2 Å². The Morgan fingerprint density at radius 3 is 2.15 bits per heavy atom. The van der Waals surface area contributed by atoms with Crippen molar-refractivity contribution in [1.82, 2.24) is 0 Å². The van der Waals surface area contributed by atoms with Crippen molar-refractivity contribution in [2.45, 2.75) is 20.8 Å². The highest BCUT2D eigenvalue weighted by atomic mass is 32.3. The van der Waals surface area contributed by atoms with E-state index < -0.39 is 10.4 Å². The van der Waals surface area contributed by atoms with E-state index in [0.717, 1.165) is 17.6 Å². The van der Waals surface area contributed by atoms with E-state index in [-0.39, 0.29) is 12.6 Å². The molecule has 0 radical (unpaired) electrons. The summed E-state index contributed by atoms with van der Waals surface area (Å²) in [5.74, 6) is -0.251. The lowest BCUT2D eigenvalue weighted by Gasteiger charge is -2.27. The molecular formula is C12H26NO6S+. The van der Waals surface area contributed by atoms with E-state index in [1.165, 1.54) is 13.0 Å². The van der Waals surface area contributed by atoms with Crippen LogP contribution in [0.1, 0.15) is 20.8 Å². The van der Waals surface area contributed by atoms with Gasteiger partial charge in [-0.25, -0.2) is 8.98 Å². The lowest BCUT2D eigenvalue weighted by Crippen LogP contribution is -2.42. The van der Waals surface area contributed by atoms with E-state index in [4.69, 9.17) is 9.29 Å². The number of allylic oxidation sites excluding steroid dienone is 1. The normalized spacial score (nSPS) is 11.9. The molecule has 0 aliphatic rings. The highest BCUT2D eigenvalue weighted by Crippen LogP contribution is 1.95. The third kappa shape index (κ3) is 17.0. The monoisotopic (exact) mass is 312 g/mol. The number of nitrogens with zero attached hydrogens (tertiary/aromatic N) is 1. The number of rotatable bonds is 7. The summed E-state index contributed by atoms with van der Waals surface area (Å²) >= 11 is 0. The zero-order valence-corrected chi connectivity index (χ0v) is 13.6. The molecule has 0 spiro atoms. The van der Waals surface area contributed by atoms with Crippen LogP contribution in [-0.2, 0) is 24.1 Å². The van der Waals surface area contributed by atoms with Crippen LogP contribution in [0.15, 0.2) is 12.2 Å². The molecule has 20 heavy (non-hydrogen) atoms. The Bertz CT molecular complexity index is 389. The lowest BCUT2D eigenvalue weighted by atomic mass is 10.4. The lowest BCUT2D eigenvalue weighted by molar-refractivity contribution is -0.888.